The predicted molar refractivity (Wildman–Crippen MR) is 129 cm³/mol. The fourth-order valence-corrected chi connectivity index (χ4v) is 11.4. The van der Waals surface area contributed by atoms with Crippen LogP contribution in [-0.4, -0.2) is 60.5 Å². The lowest BCUT2D eigenvalue weighted by molar-refractivity contribution is -0.162. The quantitative estimate of drug-likeness (QED) is 0.615. The summed E-state index contributed by atoms with van der Waals surface area (Å²) in [5, 5.41) is 10.8. The number of ether oxygens (including phenoxy) is 2. The Balaban J connectivity index is 1.12. The molecule has 0 radical (unpaired) electrons. The van der Waals surface area contributed by atoms with Crippen molar-refractivity contribution in [3.8, 4) is 0 Å². The molecule has 2 spiro atoms. The molecule has 5 nitrogen and oxygen atoms in total. The number of nitrogens with zero attached hydrogens (tertiary/aromatic N) is 1. The SMILES string of the molecule is CC12CC[C@@]34CC35CC[C@H](O)C(C)(C)C5CCC4C1CC1OC(C(=O)N3CCOCC3)CCC12. The van der Waals surface area contributed by atoms with E-state index in [2.05, 4.69) is 20.8 Å². The van der Waals surface area contributed by atoms with Gasteiger partial charge in [0.1, 0.15) is 6.10 Å². The first-order valence-electron chi connectivity index (χ1n) is 14.4. The van der Waals surface area contributed by atoms with Crippen LogP contribution in [0.5, 0.6) is 0 Å². The molecule has 7 aliphatic rings. The van der Waals surface area contributed by atoms with Crippen molar-refractivity contribution in [1.29, 1.82) is 0 Å². The van der Waals surface area contributed by atoms with Crippen molar-refractivity contribution in [3.63, 3.8) is 0 Å². The van der Waals surface area contributed by atoms with Crippen molar-refractivity contribution in [2.24, 2.45) is 45.3 Å². The maximum Gasteiger partial charge on any atom is 0.251 e. The van der Waals surface area contributed by atoms with Gasteiger partial charge in [0.25, 0.3) is 5.91 Å². The van der Waals surface area contributed by atoms with Crippen LogP contribution < -0.4 is 0 Å². The van der Waals surface area contributed by atoms with E-state index in [0.29, 0.717) is 54.4 Å². The zero-order valence-corrected chi connectivity index (χ0v) is 21.6. The van der Waals surface area contributed by atoms with Gasteiger partial charge in [-0.3, -0.25) is 4.79 Å². The van der Waals surface area contributed by atoms with Crippen LogP contribution in [0.1, 0.15) is 85.0 Å². The fourth-order valence-electron chi connectivity index (χ4n) is 11.4. The van der Waals surface area contributed by atoms with Gasteiger partial charge in [-0.2, -0.15) is 0 Å². The van der Waals surface area contributed by atoms with Gasteiger partial charge in [-0.1, -0.05) is 20.8 Å². The summed E-state index contributed by atoms with van der Waals surface area (Å²) in [6.07, 6.45) is 12.2. The first kappa shape index (κ1) is 22.5. The largest absolute Gasteiger partial charge is 0.393 e. The number of fused-ring (bicyclic) bond motifs is 4. The molecule has 0 aromatic rings. The monoisotopic (exact) mass is 471 g/mol. The van der Waals surface area contributed by atoms with Crippen LogP contribution in [0.25, 0.3) is 0 Å². The molecular formula is C29H45NO4. The van der Waals surface area contributed by atoms with Crippen molar-refractivity contribution < 1.29 is 19.4 Å². The molecule has 1 amide bonds. The lowest BCUT2D eigenvalue weighted by Crippen LogP contribution is -2.54. The highest BCUT2D eigenvalue weighted by Crippen LogP contribution is 2.87. The van der Waals surface area contributed by atoms with Gasteiger partial charge in [0.2, 0.25) is 0 Å². The standard InChI is InChI=1S/C29H45NO4/c1-26(2)23-7-5-18-20-16-22-19(4-6-21(34-22)25(32)30-12-14-33-15-13-30)27(20,3)10-11-28(18)17-29(23,28)9-8-24(26)31/h18-24,31H,4-17H2,1-3H3/t18?,19?,20?,21?,22?,23?,24-,27?,28-,29?/m0/s1. The molecule has 0 bridgehead atoms. The van der Waals surface area contributed by atoms with Crippen molar-refractivity contribution in [1.82, 2.24) is 4.90 Å². The molecule has 2 saturated heterocycles. The average molecular weight is 472 g/mol. The minimum absolute atomic E-state index is 0.0628. The molecule has 0 aromatic heterocycles. The van der Waals surface area contributed by atoms with E-state index in [9.17, 15) is 9.90 Å². The van der Waals surface area contributed by atoms with Crippen LogP contribution in [0.4, 0.5) is 0 Å². The van der Waals surface area contributed by atoms with Crippen LogP contribution in [0.2, 0.25) is 0 Å². The van der Waals surface area contributed by atoms with Gasteiger partial charge in [-0.15, -0.1) is 0 Å². The highest BCUT2D eigenvalue weighted by Gasteiger charge is 2.80. The number of carbonyl (C=O) groups excluding carboxylic acids is 1. The van der Waals surface area contributed by atoms with Crippen molar-refractivity contribution in [3.05, 3.63) is 0 Å². The van der Waals surface area contributed by atoms with Crippen molar-refractivity contribution >= 4 is 5.91 Å². The molecule has 190 valence electrons. The Kier molecular flexibility index (Phi) is 4.79. The number of hydrogen-bond donors (Lipinski definition) is 1. The van der Waals surface area contributed by atoms with Crippen LogP contribution in [0.15, 0.2) is 0 Å². The molecule has 7 rings (SSSR count). The minimum Gasteiger partial charge on any atom is -0.393 e. The normalized spacial score (nSPS) is 55.3. The molecule has 5 saturated carbocycles. The second-order valence-electron chi connectivity index (χ2n) is 14.2. The predicted octanol–water partition coefficient (Wildman–Crippen LogP) is 4.41. The van der Waals surface area contributed by atoms with E-state index in [-0.39, 0.29) is 29.6 Å². The molecule has 2 heterocycles. The Morgan fingerprint density at radius 3 is 2.44 bits per heavy atom. The summed E-state index contributed by atoms with van der Waals surface area (Å²) in [6, 6.07) is 0. The van der Waals surface area contributed by atoms with E-state index in [1.54, 1.807) is 0 Å². The number of aliphatic hydroxyl groups excluding tert-OH is 1. The smallest absolute Gasteiger partial charge is 0.251 e. The number of carbonyl (C=O) groups is 1. The maximum absolute atomic E-state index is 13.2. The molecule has 1 N–H and O–H groups in total. The summed E-state index contributed by atoms with van der Waals surface area (Å²) in [7, 11) is 0. The Bertz CT molecular complexity index is 868. The highest BCUT2D eigenvalue weighted by atomic mass is 16.5. The molecule has 10 atom stereocenters. The van der Waals surface area contributed by atoms with Gasteiger partial charge in [0, 0.05) is 13.1 Å². The summed E-state index contributed by atoms with van der Waals surface area (Å²) >= 11 is 0. The number of rotatable bonds is 1. The third-order valence-corrected chi connectivity index (χ3v) is 13.2. The van der Waals surface area contributed by atoms with Gasteiger partial charge in [0.05, 0.1) is 25.4 Å². The molecule has 0 aromatic carbocycles. The summed E-state index contributed by atoms with van der Waals surface area (Å²) in [5.74, 6) is 3.11. The molecule has 34 heavy (non-hydrogen) atoms. The third kappa shape index (κ3) is 2.70. The second-order valence-corrected chi connectivity index (χ2v) is 14.2. The summed E-state index contributed by atoms with van der Waals surface area (Å²) < 4.78 is 12.2. The van der Waals surface area contributed by atoms with Crippen LogP contribution >= 0.6 is 0 Å². The number of amides is 1. The minimum atomic E-state index is -0.235. The van der Waals surface area contributed by atoms with Crippen LogP contribution in [0.3, 0.4) is 0 Å². The topological polar surface area (TPSA) is 59.0 Å². The molecule has 7 fully saturated rings. The highest BCUT2D eigenvalue weighted by molar-refractivity contribution is 5.81. The van der Waals surface area contributed by atoms with Gasteiger partial charge in [0.15, 0.2) is 0 Å². The summed E-state index contributed by atoms with van der Waals surface area (Å²) in [6.45, 7) is 10.0. The summed E-state index contributed by atoms with van der Waals surface area (Å²) in [5.41, 5.74) is 1.48. The van der Waals surface area contributed by atoms with Crippen LogP contribution in [-0.2, 0) is 14.3 Å². The fraction of sp³-hybridized carbons (Fsp3) is 0.966. The van der Waals surface area contributed by atoms with E-state index in [4.69, 9.17) is 9.47 Å². The lowest BCUT2D eigenvalue weighted by Gasteiger charge is -2.59. The van der Waals surface area contributed by atoms with Crippen molar-refractivity contribution in [2.75, 3.05) is 26.3 Å². The third-order valence-electron chi connectivity index (χ3n) is 13.2. The van der Waals surface area contributed by atoms with Crippen LogP contribution in [0, 0.1) is 45.3 Å². The van der Waals surface area contributed by atoms with E-state index in [0.717, 1.165) is 31.1 Å². The second kappa shape index (κ2) is 7.22. The van der Waals surface area contributed by atoms with Crippen molar-refractivity contribution in [2.45, 2.75) is 103 Å². The van der Waals surface area contributed by atoms with E-state index < -0.39 is 0 Å². The molecular weight excluding hydrogens is 426 g/mol. The first-order chi connectivity index (χ1) is 16.2. The summed E-state index contributed by atoms with van der Waals surface area (Å²) in [4.78, 5) is 15.2. The Labute approximate surface area is 205 Å². The van der Waals surface area contributed by atoms with E-state index in [1.165, 1.54) is 44.9 Å². The van der Waals surface area contributed by atoms with Gasteiger partial charge in [-0.25, -0.2) is 0 Å². The Morgan fingerprint density at radius 1 is 0.882 bits per heavy atom. The molecule has 5 aliphatic carbocycles. The number of hydrogen-bond acceptors (Lipinski definition) is 4. The number of aliphatic hydroxyl groups is 1. The van der Waals surface area contributed by atoms with E-state index >= 15 is 0 Å². The maximum atomic E-state index is 13.2. The zero-order valence-electron chi connectivity index (χ0n) is 21.6. The Hall–Kier alpha value is -0.650. The molecule has 5 heteroatoms. The first-order valence-corrected chi connectivity index (χ1v) is 14.4. The number of morpholine rings is 1. The lowest BCUT2D eigenvalue weighted by atomic mass is 9.46. The average Bonchev–Trinajstić information content (AvgIpc) is 3.42. The zero-order chi connectivity index (χ0) is 23.5. The van der Waals surface area contributed by atoms with E-state index in [1.807, 2.05) is 4.90 Å². The van der Waals surface area contributed by atoms with Gasteiger partial charge >= 0.3 is 0 Å². The van der Waals surface area contributed by atoms with Gasteiger partial charge in [-0.05, 0) is 110 Å². The molecule has 8 unspecified atom stereocenters. The van der Waals surface area contributed by atoms with Gasteiger partial charge < -0.3 is 19.5 Å². The Morgan fingerprint density at radius 2 is 1.65 bits per heavy atom. The molecule has 2 aliphatic heterocycles.